The molecule has 3 rings (SSSR count). The van der Waals surface area contributed by atoms with Crippen LogP contribution in [-0.4, -0.2) is 15.6 Å². The van der Waals surface area contributed by atoms with E-state index in [-0.39, 0.29) is 5.56 Å². The molecule has 0 aliphatic heterocycles. The summed E-state index contributed by atoms with van der Waals surface area (Å²) in [7, 11) is 0. The highest BCUT2D eigenvalue weighted by Crippen LogP contribution is 2.28. The number of aromatic nitrogens is 1. The van der Waals surface area contributed by atoms with Crippen molar-refractivity contribution in [3.63, 3.8) is 0 Å². The van der Waals surface area contributed by atoms with Gasteiger partial charge in [-0.15, -0.1) is 0 Å². The third-order valence-corrected chi connectivity index (χ3v) is 4.33. The summed E-state index contributed by atoms with van der Waals surface area (Å²) in [6.07, 6.45) is 3.49. The largest absolute Gasteiger partial charge is 0.478 e. The smallest absolute Gasteiger partial charge is 0.335 e. The van der Waals surface area contributed by atoms with Crippen LogP contribution in [0.25, 0.3) is 17.3 Å². The van der Waals surface area contributed by atoms with Crippen LogP contribution in [0.15, 0.2) is 60.8 Å². The molecule has 0 unspecified atom stereocenters. The standard InChI is InChI=1S/C20H12Cl2N2O2/c21-15-6-7-18(19(22)11-15)14(12-23)10-17-5-2-8-24(17)16-4-1-3-13(9-16)20(25)26/h1-11H,(H,25,26)/b14-10+. The van der Waals surface area contributed by atoms with Crippen LogP contribution in [0.5, 0.6) is 0 Å². The molecule has 0 saturated carbocycles. The van der Waals surface area contributed by atoms with Crippen molar-refractivity contribution in [1.82, 2.24) is 4.57 Å². The van der Waals surface area contributed by atoms with Crippen LogP contribution in [0.1, 0.15) is 21.6 Å². The number of carboxylic acid groups (broad SMARTS) is 1. The summed E-state index contributed by atoms with van der Waals surface area (Å²) in [6, 6.07) is 17.3. The molecule has 0 saturated heterocycles. The van der Waals surface area contributed by atoms with Crippen molar-refractivity contribution >= 4 is 40.8 Å². The van der Waals surface area contributed by atoms with E-state index < -0.39 is 5.97 Å². The maximum Gasteiger partial charge on any atom is 0.335 e. The van der Waals surface area contributed by atoms with E-state index in [0.717, 1.165) is 5.69 Å². The number of nitrogens with zero attached hydrogens (tertiary/aromatic N) is 2. The van der Waals surface area contributed by atoms with Crippen molar-refractivity contribution in [2.75, 3.05) is 0 Å². The first-order valence-corrected chi connectivity index (χ1v) is 8.33. The van der Waals surface area contributed by atoms with E-state index in [4.69, 9.17) is 23.2 Å². The molecule has 0 spiro atoms. The Kier molecular flexibility index (Phi) is 5.13. The van der Waals surface area contributed by atoms with Crippen molar-refractivity contribution in [2.45, 2.75) is 0 Å². The minimum atomic E-state index is -0.998. The van der Waals surface area contributed by atoms with Crippen LogP contribution in [0.4, 0.5) is 0 Å². The van der Waals surface area contributed by atoms with Crippen molar-refractivity contribution in [2.24, 2.45) is 0 Å². The van der Waals surface area contributed by atoms with E-state index >= 15 is 0 Å². The van der Waals surface area contributed by atoms with E-state index in [1.807, 2.05) is 12.1 Å². The Labute approximate surface area is 160 Å². The highest BCUT2D eigenvalue weighted by Gasteiger charge is 2.10. The van der Waals surface area contributed by atoms with Gasteiger partial charge in [0, 0.05) is 28.2 Å². The summed E-state index contributed by atoms with van der Waals surface area (Å²) in [4.78, 5) is 11.2. The van der Waals surface area contributed by atoms with Crippen molar-refractivity contribution in [1.29, 1.82) is 5.26 Å². The second-order valence-corrected chi connectivity index (χ2v) is 6.30. The average molecular weight is 383 g/mol. The van der Waals surface area contributed by atoms with Crippen LogP contribution in [-0.2, 0) is 0 Å². The maximum absolute atomic E-state index is 11.2. The molecule has 26 heavy (non-hydrogen) atoms. The van der Waals surface area contributed by atoms with Gasteiger partial charge < -0.3 is 9.67 Å². The monoisotopic (exact) mass is 382 g/mol. The summed E-state index contributed by atoms with van der Waals surface area (Å²) in [5, 5.41) is 19.6. The first-order chi connectivity index (χ1) is 12.5. The van der Waals surface area contributed by atoms with Gasteiger partial charge in [0.25, 0.3) is 0 Å². The molecule has 1 N–H and O–H groups in total. The first-order valence-electron chi connectivity index (χ1n) is 7.58. The number of halogens is 2. The van der Waals surface area contributed by atoms with Crippen LogP contribution in [0.3, 0.4) is 0 Å². The second-order valence-electron chi connectivity index (χ2n) is 5.45. The SMILES string of the molecule is N#C/C(=C\c1cccn1-c1cccc(C(=O)O)c1)c1ccc(Cl)cc1Cl. The van der Waals surface area contributed by atoms with Crippen LogP contribution >= 0.6 is 23.2 Å². The van der Waals surface area contributed by atoms with Crippen LogP contribution in [0.2, 0.25) is 10.0 Å². The molecule has 2 aromatic carbocycles. The zero-order valence-corrected chi connectivity index (χ0v) is 14.9. The quantitative estimate of drug-likeness (QED) is 0.601. The van der Waals surface area contributed by atoms with Crippen LogP contribution < -0.4 is 0 Å². The lowest BCUT2D eigenvalue weighted by atomic mass is 10.1. The number of rotatable bonds is 4. The number of hydrogen-bond acceptors (Lipinski definition) is 2. The molecule has 0 atom stereocenters. The lowest BCUT2D eigenvalue weighted by Gasteiger charge is -2.09. The summed E-state index contributed by atoms with van der Waals surface area (Å²) in [5.74, 6) is -0.998. The fourth-order valence-corrected chi connectivity index (χ4v) is 3.07. The molecule has 4 nitrogen and oxygen atoms in total. The fourth-order valence-electron chi connectivity index (χ4n) is 2.56. The van der Waals surface area contributed by atoms with E-state index in [9.17, 15) is 15.2 Å². The van der Waals surface area contributed by atoms with Gasteiger partial charge in [0.2, 0.25) is 0 Å². The minimum absolute atomic E-state index is 0.187. The third-order valence-electron chi connectivity index (χ3n) is 3.79. The maximum atomic E-state index is 11.2. The van der Waals surface area contributed by atoms with Gasteiger partial charge in [-0.05, 0) is 48.5 Å². The van der Waals surface area contributed by atoms with Gasteiger partial charge >= 0.3 is 5.97 Å². The molecule has 0 amide bonds. The van der Waals surface area contributed by atoms with Gasteiger partial charge in [0.05, 0.1) is 22.2 Å². The normalized spacial score (nSPS) is 11.2. The number of hydrogen-bond donors (Lipinski definition) is 1. The number of benzene rings is 2. The molecule has 0 bridgehead atoms. The van der Waals surface area contributed by atoms with E-state index in [0.29, 0.717) is 26.9 Å². The Morgan fingerprint density at radius 1 is 1.12 bits per heavy atom. The molecule has 0 aliphatic rings. The fraction of sp³-hybridized carbons (Fsp3) is 0. The van der Waals surface area contributed by atoms with Gasteiger partial charge in [0.1, 0.15) is 0 Å². The molecule has 6 heteroatoms. The van der Waals surface area contributed by atoms with Gasteiger partial charge in [-0.25, -0.2) is 4.79 Å². The average Bonchev–Trinajstić information content (AvgIpc) is 3.08. The van der Waals surface area contributed by atoms with E-state index in [1.54, 1.807) is 53.2 Å². The number of allylic oxidation sites excluding steroid dienone is 1. The Morgan fingerprint density at radius 3 is 2.62 bits per heavy atom. The number of nitriles is 1. The third kappa shape index (κ3) is 3.65. The summed E-state index contributed by atoms with van der Waals surface area (Å²) < 4.78 is 1.80. The molecule has 1 aromatic heterocycles. The Bertz CT molecular complexity index is 1060. The second kappa shape index (κ2) is 7.49. The molecule has 0 aliphatic carbocycles. The van der Waals surface area contributed by atoms with E-state index in [1.165, 1.54) is 6.07 Å². The van der Waals surface area contributed by atoms with Crippen molar-refractivity contribution in [3.8, 4) is 11.8 Å². The van der Waals surface area contributed by atoms with Crippen molar-refractivity contribution < 1.29 is 9.90 Å². The Hall–Kier alpha value is -3.00. The molecule has 0 radical (unpaired) electrons. The van der Waals surface area contributed by atoms with Crippen molar-refractivity contribution in [3.05, 3.63) is 87.7 Å². The van der Waals surface area contributed by atoms with Gasteiger partial charge in [-0.2, -0.15) is 5.26 Å². The Morgan fingerprint density at radius 2 is 1.92 bits per heavy atom. The zero-order valence-electron chi connectivity index (χ0n) is 13.4. The summed E-state index contributed by atoms with van der Waals surface area (Å²) >= 11 is 12.1. The number of aromatic carboxylic acids is 1. The highest BCUT2D eigenvalue weighted by molar-refractivity contribution is 6.36. The lowest BCUT2D eigenvalue weighted by Crippen LogP contribution is -2.00. The van der Waals surface area contributed by atoms with Crippen LogP contribution in [0, 0.1) is 11.3 Å². The summed E-state index contributed by atoms with van der Waals surface area (Å²) in [6.45, 7) is 0. The predicted octanol–water partition coefficient (Wildman–Crippen LogP) is 5.55. The van der Waals surface area contributed by atoms with Gasteiger partial charge in [0.15, 0.2) is 0 Å². The highest BCUT2D eigenvalue weighted by atomic mass is 35.5. The number of carbonyl (C=O) groups is 1. The predicted molar refractivity (Wildman–Crippen MR) is 103 cm³/mol. The molecule has 128 valence electrons. The lowest BCUT2D eigenvalue weighted by molar-refractivity contribution is 0.0697. The molecular weight excluding hydrogens is 371 g/mol. The Balaban J connectivity index is 2.07. The number of carboxylic acids is 1. The topological polar surface area (TPSA) is 66.0 Å². The van der Waals surface area contributed by atoms with E-state index in [2.05, 4.69) is 6.07 Å². The zero-order chi connectivity index (χ0) is 18.7. The summed E-state index contributed by atoms with van der Waals surface area (Å²) in [5.41, 5.74) is 2.54. The van der Waals surface area contributed by atoms with Gasteiger partial charge in [-0.3, -0.25) is 0 Å². The molecular formula is C20H12Cl2N2O2. The van der Waals surface area contributed by atoms with Gasteiger partial charge in [-0.1, -0.05) is 35.3 Å². The molecule has 3 aromatic rings. The molecule has 1 heterocycles. The first kappa shape index (κ1) is 17.8. The molecule has 0 fully saturated rings. The minimum Gasteiger partial charge on any atom is -0.478 e.